The molecule has 4 nitrogen and oxygen atoms in total. The van der Waals surface area contributed by atoms with Crippen LogP contribution in [-0.4, -0.2) is 9.97 Å². The van der Waals surface area contributed by atoms with Gasteiger partial charge in [0.25, 0.3) is 0 Å². The predicted molar refractivity (Wildman–Crippen MR) is 57.5 cm³/mol. The zero-order chi connectivity index (χ0) is 9.80. The molecule has 2 heterocycles. The fourth-order valence-electron chi connectivity index (χ4n) is 1.05. The van der Waals surface area contributed by atoms with Crippen LogP contribution in [0, 0.1) is 0 Å². The summed E-state index contributed by atoms with van der Waals surface area (Å²) in [4.78, 5) is 8.24. The van der Waals surface area contributed by atoms with E-state index in [4.69, 9.17) is 5.73 Å². The van der Waals surface area contributed by atoms with Crippen molar-refractivity contribution in [2.24, 2.45) is 5.73 Å². The van der Waals surface area contributed by atoms with Crippen LogP contribution in [0.4, 0.5) is 11.5 Å². The van der Waals surface area contributed by atoms with E-state index in [1.165, 1.54) is 0 Å². The first-order chi connectivity index (χ1) is 6.88. The SMILES string of the molecule is NCc1nccc(Nc2ccsc2)n1. The third-order valence-electron chi connectivity index (χ3n) is 1.68. The van der Waals surface area contributed by atoms with Crippen molar-refractivity contribution in [2.75, 3.05) is 5.32 Å². The highest BCUT2D eigenvalue weighted by atomic mass is 32.1. The van der Waals surface area contributed by atoms with Gasteiger partial charge >= 0.3 is 0 Å². The Morgan fingerprint density at radius 1 is 1.43 bits per heavy atom. The molecule has 0 aliphatic rings. The van der Waals surface area contributed by atoms with E-state index in [1.807, 2.05) is 22.9 Å². The molecule has 0 bridgehead atoms. The van der Waals surface area contributed by atoms with Crippen LogP contribution in [0.15, 0.2) is 29.1 Å². The summed E-state index contributed by atoms with van der Waals surface area (Å²) in [7, 11) is 0. The molecule has 0 fully saturated rings. The molecule has 0 atom stereocenters. The number of nitrogens with zero attached hydrogens (tertiary/aromatic N) is 2. The van der Waals surface area contributed by atoms with Crippen molar-refractivity contribution in [1.82, 2.24) is 9.97 Å². The number of nitrogens with two attached hydrogens (primary N) is 1. The molecular formula is C9H10N4S. The molecule has 0 spiro atoms. The number of hydrogen-bond acceptors (Lipinski definition) is 5. The third kappa shape index (κ3) is 2.07. The van der Waals surface area contributed by atoms with Crippen LogP contribution in [0.3, 0.4) is 0 Å². The molecule has 0 unspecified atom stereocenters. The van der Waals surface area contributed by atoms with Crippen LogP contribution in [0.2, 0.25) is 0 Å². The van der Waals surface area contributed by atoms with Crippen LogP contribution in [0.25, 0.3) is 0 Å². The molecule has 0 amide bonds. The van der Waals surface area contributed by atoms with Gasteiger partial charge in [-0.1, -0.05) is 0 Å². The van der Waals surface area contributed by atoms with Crippen molar-refractivity contribution in [3.63, 3.8) is 0 Å². The summed E-state index contributed by atoms with van der Waals surface area (Å²) in [5, 5.41) is 7.19. The molecule has 2 aromatic rings. The Hall–Kier alpha value is -1.46. The maximum atomic E-state index is 5.44. The number of aromatic nitrogens is 2. The standard InChI is InChI=1S/C9H10N4S/c10-5-9-11-3-1-8(13-9)12-7-2-4-14-6-7/h1-4,6H,5,10H2,(H,11,12,13). The first kappa shape index (κ1) is 9.11. The molecule has 0 aliphatic carbocycles. The summed E-state index contributed by atoms with van der Waals surface area (Å²) in [6.45, 7) is 0.360. The van der Waals surface area contributed by atoms with Gasteiger partial charge in [0.05, 0.1) is 12.2 Å². The van der Waals surface area contributed by atoms with E-state index >= 15 is 0 Å². The number of thiophene rings is 1. The summed E-state index contributed by atoms with van der Waals surface area (Å²) in [6.07, 6.45) is 1.70. The second-order valence-corrected chi connectivity index (χ2v) is 3.48. The van der Waals surface area contributed by atoms with Crippen molar-refractivity contribution in [1.29, 1.82) is 0 Å². The summed E-state index contributed by atoms with van der Waals surface area (Å²) in [6, 6.07) is 3.81. The lowest BCUT2D eigenvalue weighted by atomic mass is 10.4. The summed E-state index contributed by atoms with van der Waals surface area (Å²) >= 11 is 1.64. The quantitative estimate of drug-likeness (QED) is 0.803. The van der Waals surface area contributed by atoms with Gasteiger partial charge in [0.2, 0.25) is 0 Å². The highest BCUT2D eigenvalue weighted by Gasteiger charge is 1.97. The number of anilines is 2. The van der Waals surface area contributed by atoms with Crippen molar-refractivity contribution < 1.29 is 0 Å². The van der Waals surface area contributed by atoms with Gasteiger partial charge in [-0.15, -0.1) is 0 Å². The Kier molecular flexibility index (Phi) is 2.71. The van der Waals surface area contributed by atoms with E-state index in [0.717, 1.165) is 11.5 Å². The number of rotatable bonds is 3. The Balaban J connectivity index is 2.17. The highest BCUT2D eigenvalue weighted by molar-refractivity contribution is 7.08. The van der Waals surface area contributed by atoms with Gasteiger partial charge < -0.3 is 11.1 Å². The van der Waals surface area contributed by atoms with E-state index < -0.39 is 0 Å². The molecule has 3 N–H and O–H groups in total. The second kappa shape index (κ2) is 4.17. The maximum Gasteiger partial charge on any atom is 0.144 e. The van der Waals surface area contributed by atoms with Gasteiger partial charge in [-0.05, 0) is 17.5 Å². The fourth-order valence-corrected chi connectivity index (χ4v) is 1.64. The highest BCUT2D eigenvalue weighted by Crippen LogP contribution is 2.16. The van der Waals surface area contributed by atoms with E-state index in [0.29, 0.717) is 12.4 Å². The molecule has 72 valence electrons. The second-order valence-electron chi connectivity index (χ2n) is 2.70. The van der Waals surface area contributed by atoms with Gasteiger partial charge in [0, 0.05) is 11.6 Å². The Bertz CT molecular complexity index is 399. The normalized spacial score (nSPS) is 10.1. The maximum absolute atomic E-state index is 5.44. The summed E-state index contributed by atoms with van der Waals surface area (Å²) < 4.78 is 0. The van der Waals surface area contributed by atoms with Crippen LogP contribution >= 0.6 is 11.3 Å². The first-order valence-electron chi connectivity index (χ1n) is 4.19. The summed E-state index contributed by atoms with van der Waals surface area (Å²) in [5.41, 5.74) is 6.48. The van der Waals surface area contributed by atoms with Crippen LogP contribution < -0.4 is 11.1 Å². The molecule has 0 radical (unpaired) electrons. The topological polar surface area (TPSA) is 63.8 Å². The molecule has 2 aromatic heterocycles. The average Bonchev–Trinajstić information content (AvgIpc) is 2.71. The molecule has 14 heavy (non-hydrogen) atoms. The van der Waals surface area contributed by atoms with Gasteiger partial charge in [0.15, 0.2) is 0 Å². The zero-order valence-corrected chi connectivity index (χ0v) is 8.29. The summed E-state index contributed by atoms with van der Waals surface area (Å²) in [5.74, 6) is 1.42. The Labute approximate surface area is 85.8 Å². The van der Waals surface area contributed by atoms with E-state index in [-0.39, 0.29) is 0 Å². The van der Waals surface area contributed by atoms with Crippen molar-refractivity contribution in [2.45, 2.75) is 6.54 Å². The van der Waals surface area contributed by atoms with E-state index in [1.54, 1.807) is 17.5 Å². The van der Waals surface area contributed by atoms with Crippen molar-refractivity contribution in [3.8, 4) is 0 Å². The van der Waals surface area contributed by atoms with Gasteiger partial charge in [-0.3, -0.25) is 0 Å². The molecular weight excluding hydrogens is 196 g/mol. The van der Waals surface area contributed by atoms with Gasteiger partial charge in [-0.2, -0.15) is 11.3 Å². The van der Waals surface area contributed by atoms with E-state index in [9.17, 15) is 0 Å². The van der Waals surface area contributed by atoms with Crippen LogP contribution in [0.5, 0.6) is 0 Å². The molecule has 0 aromatic carbocycles. The van der Waals surface area contributed by atoms with Crippen LogP contribution in [-0.2, 0) is 6.54 Å². The van der Waals surface area contributed by atoms with Gasteiger partial charge in [0.1, 0.15) is 11.6 Å². The molecule has 0 saturated heterocycles. The molecule has 0 saturated carbocycles. The number of hydrogen-bond donors (Lipinski definition) is 2. The van der Waals surface area contributed by atoms with Gasteiger partial charge in [-0.25, -0.2) is 9.97 Å². The lowest BCUT2D eigenvalue weighted by molar-refractivity contribution is 0.912. The monoisotopic (exact) mass is 206 g/mol. The largest absolute Gasteiger partial charge is 0.339 e. The van der Waals surface area contributed by atoms with Crippen molar-refractivity contribution in [3.05, 3.63) is 34.9 Å². The van der Waals surface area contributed by atoms with E-state index in [2.05, 4.69) is 15.3 Å². The predicted octanol–water partition coefficient (Wildman–Crippen LogP) is 1.74. The lowest BCUT2D eigenvalue weighted by Gasteiger charge is -2.03. The third-order valence-corrected chi connectivity index (χ3v) is 2.36. The Morgan fingerprint density at radius 3 is 3.07 bits per heavy atom. The minimum Gasteiger partial charge on any atom is -0.339 e. The fraction of sp³-hybridized carbons (Fsp3) is 0.111. The van der Waals surface area contributed by atoms with Crippen LogP contribution in [0.1, 0.15) is 5.82 Å². The number of nitrogens with one attached hydrogen (secondary N) is 1. The average molecular weight is 206 g/mol. The first-order valence-corrected chi connectivity index (χ1v) is 5.14. The molecule has 0 aliphatic heterocycles. The minimum atomic E-state index is 0.360. The molecule has 2 rings (SSSR count). The smallest absolute Gasteiger partial charge is 0.144 e. The Morgan fingerprint density at radius 2 is 2.36 bits per heavy atom. The lowest BCUT2D eigenvalue weighted by Crippen LogP contribution is -2.04. The zero-order valence-electron chi connectivity index (χ0n) is 7.47. The minimum absolute atomic E-state index is 0.360. The van der Waals surface area contributed by atoms with Crippen molar-refractivity contribution >= 4 is 22.8 Å². The molecule has 5 heteroatoms.